The number of piperidine rings is 2. The molecular formula is C14H29N3O2S. The van der Waals surface area contributed by atoms with Crippen molar-refractivity contribution in [3.63, 3.8) is 0 Å². The van der Waals surface area contributed by atoms with Gasteiger partial charge in [0.2, 0.25) is 0 Å². The van der Waals surface area contributed by atoms with E-state index in [1.807, 2.05) is 0 Å². The Morgan fingerprint density at radius 3 is 2.30 bits per heavy atom. The quantitative estimate of drug-likeness (QED) is 0.854. The number of rotatable bonds is 3. The molecule has 5 nitrogen and oxygen atoms in total. The fraction of sp³-hybridized carbons (Fsp3) is 1.00. The molecular weight excluding hydrogens is 274 g/mol. The average molecular weight is 303 g/mol. The van der Waals surface area contributed by atoms with Crippen LogP contribution in [0.5, 0.6) is 0 Å². The maximum absolute atomic E-state index is 12.9. The van der Waals surface area contributed by atoms with Crippen molar-refractivity contribution in [1.29, 1.82) is 0 Å². The smallest absolute Gasteiger partial charge is 0.282 e. The van der Waals surface area contributed by atoms with Gasteiger partial charge in [0.15, 0.2) is 0 Å². The van der Waals surface area contributed by atoms with Crippen molar-refractivity contribution >= 4 is 10.2 Å². The van der Waals surface area contributed by atoms with Crippen LogP contribution in [0.1, 0.15) is 40.0 Å². The van der Waals surface area contributed by atoms with Crippen LogP contribution in [0.4, 0.5) is 0 Å². The zero-order valence-corrected chi connectivity index (χ0v) is 13.8. The van der Waals surface area contributed by atoms with Crippen LogP contribution in [0, 0.1) is 17.8 Å². The van der Waals surface area contributed by atoms with Crippen molar-refractivity contribution in [2.75, 3.05) is 26.2 Å². The molecule has 118 valence electrons. The summed E-state index contributed by atoms with van der Waals surface area (Å²) < 4.78 is 29.2. The summed E-state index contributed by atoms with van der Waals surface area (Å²) in [6, 6.07) is -0.0405. The highest BCUT2D eigenvalue weighted by atomic mass is 32.2. The molecule has 0 aromatic heterocycles. The summed E-state index contributed by atoms with van der Waals surface area (Å²) in [7, 11) is -3.36. The Hall–Kier alpha value is -0.170. The molecule has 0 amide bonds. The molecule has 0 aromatic rings. The summed E-state index contributed by atoms with van der Waals surface area (Å²) in [5.74, 6) is 1.22. The van der Waals surface area contributed by atoms with Crippen molar-refractivity contribution in [2.45, 2.75) is 46.1 Å². The molecule has 2 rings (SSSR count). The number of nitrogens with zero attached hydrogens (tertiary/aromatic N) is 2. The van der Waals surface area contributed by atoms with Crippen molar-refractivity contribution in [3.05, 3.63) is 0 Å². The summed E-state index contributed by atoms with van der Waals surface area (Å²) in [6.45, 7) is 8.71. The second kappa shape index (κ2) is 6.30. The molecule has 0 aromatic carbocycles. The second-order valence-corrected chi connectivity index (χ2v) is 8.69. The standard InChI is InChI=1S/C14H29N3O2S/c1-11-7-12(2)10-16(9-11)20(18,19)17-6-4-5-13(3)14(17)8-15/h11-14H,4-10,15H2,1-3H3/t11-,12+,13-,14-/m1/s1. The number of hydrogen-bond donors (Lipinski definition) is 1. The van der Waals surface area contributed by atoms with Crippen LogP contribution in [0.15, 0.2) is 0 Å². The molecule has 6 heteroatoms. The number of nitrogens with two attached hydrogens (primary N) is 1. The van der Waals surface area contributed by atoms with Crippen molar-refractivity contribution < 1.29 is 8.42 Å². The molecule has 2 saturated heterocycles. The van der Waals surface area contributed by atoms with Gasteiger partial charge >= 0.3 is 0 Å². The fourth-order valence-corrected chi connectivity index (χ4v) is 5.97. The lowest BCUT2D eigenvalue weighted by Crippen LogP contribution is -2.57. The highest BCUT2D eigenvalue weighted by Crippen LogP contribution is 2.30. The third-order valence-electron chi connectivity index (χ3n) is 4.76. The Morgan fingerprint density at radius 1 is 1.15 bits per heavy atom. The van der Waals surface area contributed by atoms with Crippen LogP contribution < -0.4 is 5.73 Å². The first-order valence-electron chi connectivity index (χ1n) is 7.83. The van der Waals surface area contributed by atoms with E-state index < -0.39 is 10.2 Å². The van der Waals surface area contributed by atoms with Gasteiger partial charge in [0.1, 0.15) is 0 Å². The highest BCUT2D eigenvalue weighted by molar-refractivity contribution is 7.86. The Balaban J connectivity index is 2.20. The summed E-state index contributed by atoms with van der Waals surface area (Å²) in [5, 5.41) is 0. The second-order valence-electron chi connectivity index (χ2n) is 6.80. The minimum atomic E-state index is -3.36. The average Bonchev–Trinajstić information content (AvgIpc) is 2.37. The Labute approximate surface area is 123 Å². The molecule has 0 saturated carbocycles. The van der Waals surface area contributed by atoms with E-state index in [0.717, 1.165) is 19.3 Å². The first-order valence-corrected chi connectivity index (χ1v) is 9.23. The lowest BCUT2D eigenvalue weighted by Gasteiger charge is -2.43. The van der Waals surface area contributed by atoms with Gasteiger partial charge in [-0.25, -0.2) is 0 Å². The molecule has 0 unspecified atom stereocenters. The predicted molar refractivity (Wildman–Crippen MR) is 81.4 cm³/mol. The van der Waals surface area contributed by atoms with Crippen LogP contribution in [0.3, 0.4) is 0 Å². The first kappa shape index (κ1) is 16.2. The Morgan fingerprint density at radius 2 is 1.75 bits per heavy atom. The van der Waals surface area contributed by atoms with Gasteiger partial charge in [-0.1, -0.05) is 20.8 Å². The van der Waals surface area contributed by atoms with Crippen molar-refractivity contribution in [2.24, 2.45) is 23.5 Å². The maximum atomic E-state index is 12.9. The zero-order chi connectivity index (χ0) is 14.9. The van der Waals surface area contributed by atoms with Gasteiger partial charge in [-0.05, 0) is 37.0 Å². The molecule has 4 atom stereocenters. The molecule has 2 N–H and O–H groups in total. The summed E-state index contributed by atoms with van der Waals surface area (Å²) in [6.07, 6.45) is 3.12. The predicted octanol–water partition coefficient (Wildman–Crippen LogP) is 1.27. The van der Waals surface area contributed by atoms with Gasteiger partial charge in [0, 0.05) is 32.2 Å². The molecule has 2 fully saturated rings. The summed E-state index contributed by atoms with van der Waals surface area (Å²) in [5.41, 5.74) is 5.84. The lowest BCUT2D eigenvalue weighted by molar-refractivity contribution is 0.160. The van der Waals surface area contributed by atoms with E-state index in [0.29, 0.717) is 43.9 Å². The van der Waals surface area contributed by atoms with Crippen LogP contribution in [-0.4, -0.2) is 49.2 Å². The molecule has 2 aliphatic rings. The van der Waals surface area contributed by atoms with E-state index in [1.54, 1.807) is 8.61 Å². The van der Waals surface area contributed by atoms with E-state index in [4.69, 9.17) is 5.73 Å². The molecule has 2 heterocycles. The third-order valence-corrected chi connectivity index (χ3v) is 6.76. The minimum Gasteiger partial charge on any atom is -0.329 e. The maximum Gasteiger partial charge on any atom is 0.282 e. The van der Waals surface area contributed by atoms with E-state index >= 15 is 0 Å². The third kappa shape index (κ3) is 3.18. The van der Waals surface area contributed by atoms with Gasteiger partial charge in [-0.2, -0.15) is 17.0 Å². The fourth-order valence-electron chi connectivity index (χ4n) is 3.79. The van der Waals surface area contributed by atoms with E-state index in [9.17, 15) is 8.42 Å². The Bertz CT molecular complexity index is 416. The summed E-state index contributed by atoms with van der Waals surface area (Å²) >= 11 is 0. The van der Waals surface area contributed by atoms with Crippen LogP contribution in [-0.2, 0) is 10.2 Å². The van der Waals surface area contributed by atoms with Gasteiger partial charge < -0.3 is 5.73 Å². The monoisotopic (exact) mass is 303 g/mol. The van der Waals surface area contributed by atoms with Gasteiger partial charge in [0.25, 0.3) is 10.2 Å². The van der Waals surface area contributed by atoms with Gasteiger partial charge in [-0.15, -0.1) is 0 Å². The van der Waals surface area contributed by atoms with Gasteiger partial charge in [-0.3, -0.25) is 0 Å². The van der Waals surface area contributed by atoms with Crippen molar-refractivity contribution in [3.8, 4) is 0 Å². The number of hydrogen-bond acceptors (Lipinski definition) is 3. The van der Waals surface area contributed by atoms with E-state index in [-0.39, 0.29) is 6.04 Å². The van der Waals surface area contributed by atoms with Crippen LogP contribution >= 0.6 is 0 Å². The Kier molecular flexibility index (Phi) is 5.10. The minimum absolute atomic E-state index is 0.0405. The lowest BCUT2D eigenvalue weighted by atomic mass is 9.93. The normalized spacial score (nSPS) is 38.0. The molecule has 2 aliphatic heterocycles. The largest absolute Gasteiger partial charge is 0.329 e. The van der Waals surface area contributed by atoms with Crippen LogP contribution in [0.25, 0.3) is 0 Å². The van der Waals surface area contributed by atoms with E-state index in [2.05, 4.69) is 20.8 Å². The van der Waals surface area contributed by atoms with Crippen LogP contribution in [0.2, 0.25) is 0 Å². The molecule has 0 spiro atoms. The first-order chi connectivity index (χ1) is 9.36. The highest BCUT2D eigenvalue weighted by Gasteiger charge is 2.40. The molecule has 20 heavy (non-hydrogen) atoms. The molecule has 0 bridgehead atoms. The SMILES string of the molecule is C[C@@H]1C[C@H](C)CN(S(=O)(=O)N2CCC[C@@H](C)[C@H]2CN)C1. The summed E-state index contributed by atoms with van der Waals surface area (Å²) in [4.78, 5) is 0. The van der Waals surface area contributed by atoms with E-state index in [1.165, 1.54) is 0 Å². The molecule has 0 aliphatic carbocycles. The zero-order valence-electron chi connectivity index (χ0n) is 13.0. The van der Waals surface area contributed by atoms with Gasteiger partial charge in [0.05, 0.1) is 0 Å². The van der Waals surface area contributed by atoms with Crippen molar-refractivity contribution in [1.82, 2.24) is 8.61 Å². The molecule has 0 radical (unpaired) electrons. The topological polar surface area (TPSA) is 66.6 Å².